The van der Waals surface area contributed by atoms with Crippen LogP contribution in [0.5, 0.6) is 0 Å². The van der Waals surface area contributed by atoms with Gasteiger partial charge in [-0.2, -0.15) is 10.1 Å². The Bertz CT molecular complexity index is 1130. The molecule has 0 aliphatic rings. The van der Waals surface area contributed by atoms with Gasteiger partial charge in [-0.25, -0.2) is 4.68 Å². The van der Waals surface area contributed by atoms with Gasteiger partial charge in [0, 0.05) is 30.0 Å². The van der Waals surface area contributed by atoms with Crippen molar-refractivity contribution in [3.05, 3.63) is 84.1 Å². The van der Waals surface area contributed by atoms with Crippen LogP contribution in [0.4, 0.5) is 0 Å². The number of hydrogen-bond acceptors (Lipinski definition) is 5. The second-order valence-electron chi connectivity index (χ2n) is 7.25. The van der Waals surface area contributed by atoms with E-state index in [-0.39, 0.29) is 11.8 Å². The van der Waals surface area contributed by atoms with E-state index in [0.717, 1.165) is 16.9 Å². The molecule has 1 N–H and O–H groups in total. The molecule has 0 radical (unpaired) electrons. The molecule has 0 atom stereocenters. The van der Waals surface area contributed by atoms with Gasteiger partial charge in [0.1, 0.15) is 0 Å². The number of carbonyl (C=O) groups is 1. The smallest absolute Gasteiger partial charge is 0.251 e. The second kappa shape index (κ2) is 8.73. The van der Waals surface area contributed by atoms with E-state index < -0.39 is 0 Å². The highest BCUT2D eigenvalue weighted by Gasteiger charge is 2.12. The lowest BCUT2D eigenvalue weighted by Crippen LogP contribution is -2.25. The topological polar surface area (TPSA) is 85.8 Å². The van der Waals surface area contributed by atoms with Crippen molar-refractivity contribution >= 4 is 5.91 Å². The summed E-state index contributed by atoms with van der Waals surface area (Å²) in [7, 11) is 0. The maximum Gasteiger partial charge on any atom is 0.251 e. The van der Waals surface area contributed by atoms with Crippen LogP contribution in [-0.4, -0.2) is 32.4 Å². The number of benzene rings is 2. The van der Waals surface area contributed by atoms with Crippen molar-refractivity contribution in [2.75, 3.05) is 6.54 Å². The molecule has 0 bridgehead atoms. The van der Waals surface area contributed by atoms with E-state index in [1.165, 1.54) is 0 Å². The predicted octanol–water partition coefficient (Wildman–Crippen LogP) is 4.02. The molecule has 0 saturated heterocycles. The summed E-state index contributed by atoms with van der Waals surface area (Å²) in [5.74, 6) is 1.26. The second-order valence-corrected chi connectivity index (χ2v) is 7.25. The number of carbonyl (C=O) groups excluding carboxylic acids is 1. The molecule has 2 aromatic heterocycles. The highest BCUT2D eigenvalue weighted by Crippen LogP contribution is 2.22. The zero-order valence-electron chi connectivity index (χ0n) is 16.9. The molecule has 0 aliphatic carbocycles. The minimum atomic E-state index is -0.158. The summed E-state index contributed by atoms with van der Waals surface area (Å²) in [6.45, 7) is 4.43. The summed E-state index contributed by atoms with van der Waals surface area (Å²) >= 11 is 0. The van der Waals surface area contributed by atoms with Gasteiger partial charge in [0.25, 0.3) is 5.91 Å². The molecule has 0 aliphatic heterocycles. The minimum Gasteiger partial charge on any atom is -0.352 e. The molecule has 0 spiro atoms. The lowest BCUT2D eigenvalue weighted by molar-refractivity contribution is 0.0953. The summed E-state index contributed by atoms with van der Waals surface area (Å²) < 4.78 is 7.04. The molecule has 2 heterocycles. The minimum absolute atomic E-state index is 0.158. The van der Waals surface area contributed by atoms with Crippen molar-refractivity contribution in [3.63, 3.8) is 0 Å². The fourth-order valence-electron chi connectivity index (χ4n) is 3.10. The first-order chi connectivity index (χ1) is 14.6. The summed E-state index contributed by atoms with van der Waals surface area (Å²) in [5, 5.41) is 11.3. The van der Waals surface area contributed by atoms with Crippen molar-refractivity contribution in [1.29, 1.82) is 0 Å². The first-order valence-electron chi connectivity index (χ1n) is 9.92. The molecule has 2 aromatic carbocycles. The van der Waals surface area contributed by atoms with Crippen LogP contribution in [0.2, 0.25) is 0 Å². The third-order valence-corrected chi connectivity index (χ3v) is 4.69. The monoisotopic (exact) mass is 401 g/mol. The summed E-state index contributed by atoms with van der Waals surface area (Å²) in [4.78, 5) is 16.9. The molecule has 4 rings (SSSR count). The van der Waals surface area contributed by atoms with Crippen LogP contribution in [0.3, 0.4) is 0 Å². The van der Waals surface area contributed by atoms with E-state index >= 15 is 0 Å². The van der Waals surface area contributed by atoms with Gasteiger partial charge >= 0.3 is 0 Å². The Labute approximate surface area is 174 Å². The number of nitrogens with one attached hydrogen (secondary N) is 1. The van der Waals surface area contributed by atoms with Gasteiger partial charge in [-0.1, -0.05) is 55.4 Å². The molecule has 4 aromatic rings. The van der Waals surface area contributed by atoms with E-state index in [4.69, 9.17) is 4.52 Å². The Kier molecular flexibility index (Phi) is 5.70. The average Bonchev–Trinajstić information content (AvgIpc) is 3.44. The van der Waals surface area contributed by atoms with Crippen molar-refractivity contribution < 1.29 is 9.32 Å². The molecular formula is C23H23N5O2. The third-order valence-electron chi connectivity index (χ3n) is 4.69. The molecule has 0 unspecified atom stereocenters. The molecule has 152 valence electrons. The Morgan fingerprint density at radius 3 is 2.70 bits per heavy atom. The normalized spacial score (nSPS) is 11.0. The van der Waals surface area contributed by atoms with Crippen LogP contribution in [0.25, 0.3) is 16.9 Å². The van der Waals surface area contributed by atoms with Crippen molar-refractivity contribution in [3.8, 4) is 16.9 Å². The molecule has 7 heteroatoms. The van der Waals surface area contributed by atoms with Gasteiger partial charge < -0.3 is 9.84 Å². The van der Waals surface area contributed by atoms with Crippen LogP contribution >= 0.6 is 0 Å². The van der Waals surface area contributed by atoms with Crippen LogP contribution < -0.4 is 5.32 Å². The summed E-state index contributed by atoms with van der Waals surface area (Å²) in [6.07, 6.45) is 2.24. The largest absolute Gasteiger partial charge is 0.352 e. The first-order valence-corrected chi connectivity index (χ1v) is 9.92. The van der Waals surface area contributed by atoms with Crippen LogP contribution in [0, 0.1) is 0 Å². The highest BCUT2D eigenvalue weighted by atomic mass is 16.5. The molecular weight excluding hydrogens is 378 g/mol. The van der Waals surface area contributed by atoms with E-state index in [1.54, 1.807) is 12.3 Å². The highest BCUT2D eigenvalue weighted by molar-refractivity contribution is 5.94. The molecule has 0 fully saturated rings. The van der Waals surface area contributed by atoms with Crippen molar-refractivity contribution in [2.45, 2.75) is 26.2 Å². The van der Waals surface area contributed by atoms with E-state index in [9.17, 15) is 4.79 Å². The van der Waals surface area contributed by atoms with Crippen LogP contribution in [0.1, 0.15) is 41.8 Å². The quantitative estimate of drug-likeness (QED) is 0.505. The maximum atomic E-state index is 12.6. The Balaban J connectivity index is 1.45. The lowest BCUT2D eigenvalue weighted by atomic mass is 10.1. The summed E-state index contributed by atoms with van der Waals surface area (Å²) in [5.41, 5.74) is 3.41. The summed E-state index contributed by atoms with van der Waals surface area (Å²) in [6, 6.07) is 19.4. The fraction of sp³-hybridized carbons (Fsp3) is 0.217. The van der Waals surface area contributed by atoms with E-state index in [2.05, 4.69) is 20.6 Å². The predicted molar refractivity (Wildman–Crippen MR) is 113 cm³/mol. The van der Waals surface area contributed by atoms with Gasteiger partial charge in [-0.3, -0.25) is 4.79 Å². The molecule has 30 heavy (non-hydrogen) atoms. The van der Waals surface area contributed by atoms with Gasteiger partial charge in [0.2, 0.25) is 5.89 Å². The molecule has 1 amide bonds. The number of amides is 1. The Morgan fingerprint density at radius 2 is 1.93 bits per heavy atom. The number of rotatable bonds is 7. The lowest BCUT2D eigenvalue weighted by Gasteiger charge is -2.10. The van der Waals surface area contributed by atoms with Crippen molar-refractivity contribution in [1.82, 2.24) is 25.2 Å². The Morgan fingerprint density at radius 1 is 1.10 bits per heavy atom. The number of nitrogens with zero attached hydrogens (tertiary/aromatic N) is 4. The van der Waals surface area contributed by atoms with Crippen LogP contribution in [-0.2, 0) is 6.42 Å². The van der Waals surface area contributed by atoms with Gasteiger partial charge in [-0.05, 0) is 24.3 Å². The van der Waals surface area contributed by atoms with Gasteiger partial charge in [0.15, 0.2) is 5.82 Å². The van der Waals surface area contributed by atoms with Gasteiger partial charge in [0.05, 0.1) is 17.6 Å². The SMILES string of the molecule is CC(C)c1noc(CCNC(=O)c2cccc(-n3nccc3-c3ccccc3)c2)n1. The Hall–Kier alpha value is -3.74. The van der Waals surface area contributed by atoms with Crippen LogP contribution in [0.15, 0.2) is 71.4 Å². The molecule has 0 saturated carbocycles. The fourth-order valence-corrected chi connectivity index (χ4v) is 3.10. The third kappa shape index (κ3) is 4.30. The molecule has 7 nitrogen and oxygen atoms in total. The van der Waals surface area contributed by atoms with E-state index in [1.807, 2.05) is 73.1 Å². The zero-order chi connectivity index (χ0) is 20.9. The van der Waals surface area contributed by atoms with Crippen molar-refractivity contribution in [2.24, 2.45) is 0 Å². The number of aromatic nitrogens is 4. The number of hydrogen-bond donors (Lipinski definition) is 1. The maximum absolute atomic E-state index is 12.6. The zero-order valence-corrected chi connectivity index (χ0v) is 16.9. The standard InChI is InChI=1S/C23H23N5O2/c1-16(2)22-26-21(30-27-22)12-13-24-23(29)18-9-6-10-19(15-18)28-20(11-14-25-28)17-7-4-3-5-8-17/h3-11,14-16H,12-13H2,1-2H3,(H,24,29). The van der Waals surface area contributed by atoms with E-state index in [0.29, 0.717) is 30.2 Å². The first kappa shape index (κ1) is 19.6. The average molecular weight is 401 g/mol. The van der Waals surface area contributed by atoms with Gasteiger partial charge in [-0.15, -0.1) is 0 Å².